The Hall–Kier alpha value is -3.19. The maximum absolute atomic E-state index is 14.1. The maximum atomic E-state index is 14.1. The molecule has 7 heteroatoms. The van der Waals surface area contributed by atoms with E-state index in [1.165, 1.54) is 0 Å². The Labute approximate surface area is 204 Å². The molecule has 0 aliphatic carbocycles. The predicted octanol–water partition coefficient (Wildman–Crippen LogP) is 4.64. The van der Waals surface area contributed by atoms with Crippen molar-refractivity contribution in [2.24, 2.45) is 0 Å². The summed E-state index contributed by atoms with van der Waals surface area (Å²) >= 11 is 6.12. The minimum Gasteiger partial charge on any atom is -0.478 e. The number of carbonyl (C=O) groups is 2. The number of amides is 1. The summed E-state index contributed by atoms with van der Waals surface area (Å²) in [5, 5.41) is 9.84. The largest absolute Gasteiger partial charge is 0.478 e. The van der Waals surface area contributed by atoms with E-state index < -0.39 is 12.0 Å². The quantitative estimate of drug-likeness (QED) is 0.510. The molecule has 1 heterocycles. The van der Waals surface area contributed by atoms with Crippen LogP contribution in [0, 0.1) is 0 Å². The molecule has 1 amide bonds. The molecule has 3 aromatic carbocycles. The van der Waals surface area contributed by atoms with Crippen LogP contribution in [0.5, 0.6) is 0 Å². The van der Waals surface area contributed by atoms with Crippen molar-refractivity contribution < 1.29 is 19.4 Å². The van der Waals surface area contributed by atoms with Gasteiger partial charge in [0.15, 0.2) is 0 Å². The highest BCUT2D eigenvalue weighted by Crippen LogP contribution is 2.27. The van der Waals surface area contributed by atoms with Crippen molar-refractivity contribution in [3.05, 3.63) is 106 Å². The van der Waals surface area contributed by atoms with Crippen LogP contribution < -0.4 is 0 Å². The van der Waals surface area contributed by atoms with Crippen molar-refractivity contribution in [1.29, 1.82) is 0 Å². The average Bonchev–Trinajstić information content (AvgIpc) is 2.86. The molecule has 0 bridgehead atoms. The summed E-state index contributed by atoms with van der Waals surface area (Å²) in [6.07, 6.45) is 0. The van der Waals surface area contributed by atoms with E-state index in [1.807, 2.05) is 59.5 Å². The molecule has 1 saturated heterocycles. The third-order valence-corrected chi connectivity index (χ3v) is 6.18. The van der Waals surface area contributed by atoms with Crippen LogP contribution in [0.3, 0.4) is 0 Å². The van der Waals surface area contributed by atoms with E-state index in [0.29, 0.717) is 44.4 Å². The molecule has 6 nitrogen and oxygen atoms in total. The number of carbonyl (C=O) groups excluding carboxylic acids is 1. The van der Waals surface area contributed by atoms with Crippen LogP contribution in [-0.2, 0) is 22.6 Å². The fourth-order valence-corrected chi connectivity index (χ4v) is 4.28. The van der Waals surface area contributed by atoms with Gasteiger partial charge in [0.25, 0.3) is 0 Å². The number of morpholine rings is 1. The lowest BCUT2D eigenvalue weighted by Gasteiger charge is -2.37. The van der Waals surface area contributed by atoms with Crippen LogP contribution >= 0.6 is 11.6 Å². The number of carboxylic acids is 1. The van der Waals surface area contributed by atoms with Gasteiger partial charge in [0.2, 0.25) is 5.91 Å². The first-order chi connectivity index (χ1) is 16.5. The minimum absolute atomic E-state index is 0.0182. The third-order valence-electron chi connectivity index (χ3n) is 5.93. The van der Waals surface area contributed by atoms with E-state index in [0.717, 1.165) is 16.7 Å². The van der Waals surface area contributed by atoms with Crippen molar-refractivity contribution in [3.63, 3.8) is 0 Å². The van der Waals surface area contributed by atoms with Crippen LogP contribution in [0.1, 0.15) is 33.1 Å². The highest BCUT2D eigenvalue weighted by Gasteiger charge is 2.32. The van der Waals surface area contributed by atoms with Gasteiger partial charge in [-0.25, -0.2) is 4.79 Å². The number of nitrogens with zero attached hydrogens (tertiary/aromatic N) is 2. The second-order valence-corrected chi connectivity index (χ2v) is 8.72. The van der Waals surface area contributed by atoms with Gasteiger partial charge < -0.3 is 14.7 Å². The Balaban J connectivity index is 1.66. The lowest BCUT2D eigenvalue weighted by atomic mass is 10.0. The van der Waals surface area contributed by atoms with Crippen LogP contribution in [0.25, 0.3) is 0 Å². The number of ether oxygens (including phenoxy) is 1. The van der Waals surface area contributed by atoms with Crippen LogP contribution in [-0.4, -0.2) is 53.1 Å². The van der Waals surface area contributed by atoms with Gasteiger partial charge in [0.05, 0.1) is 18.8 Å². The molecular formula is C27H27ClN2O4. The van der Waals surface area contributed by atoms with E-state index in [1.54, 1.807) is 24.3 Å². The second kappa shape index (κ2) is 11.3. The average molecular weight is 479 g/mol. The van der Waals surface area contributed by atoms with Crippen LogP contribution in [0.2, 0.25) is 5.02 Å². The number of hydrogen-bond acceptors (Lipinski definition) is 4. The standard InChI is InChI=1S/C27H27ClN2O4/c28-24-12-10-22(11-13-24)25(29-14-16-34-17-15-29)26(31)30(18-20-4-2-1-3-5-20)19-21-6-8-23(9-7-21)27(32)33/h1-13,25H,14-19H2,(H,32,33). The molecule has 1 aliphatic rings. The van der Waals surface area contributed by atoms with E-state index >= 15 is 0 Å². The van der Waals surface area contributed by atoms with Gasteiger partial charge in [-0.3, -0.25) is 9.69 Å². The van der Waals surface area contributed by atoms with E-state index in [2.05, 4.69) is 4.90 Å². The van der Waals surface area contributed by atoms with Gasteiger partial charge in [0.1, 0.15) is 6.04 Å². The smallest absolute Gasteiger partial charge is 0.335 e. The first-order valence-electron chi connectivity index (χ1n) is 11.2. The monoisotopic (exact) mass is 478 g/mol. The molecule has 0 spiro atoms. The number of rotatable bonds is 8. The lowest BCUT2D eigenvalue weighted by molar-refractivity contribution is -0.140. The van der Waals surface area contributed by atoms with Gasteiger partial charge in [0, 0.05) is 31.2 Å². The van der Waals surface area contributed by atoms with Gasteiger partial charge in [-0.05, 0) is 41.0 Å². The van der Waals surface area contributed by atoms with Crippen molar-refractivity contribution >= 4 is 23.5 Å². The molecule has 4 rings (SSSR count). The molecule has 1 fully saturated rings. The maximum Gasteiger partial charge on any atom is 0.335 e. The van der Waals surface area contributed by atoms with E-state index in [-0.39, 0.29) is 11.5 Å². The molecule has 1 atom stereocenters. The zero-order valence-electron chi connectivity index (χ0n) is 18.8. The van der Waals surface area contributed by atoms with Crippen LogP contribution in [0.4, 0.5) is 0 Å². The molecule has 34 heavy (non-hydrogen) atoms. The minimum atomic E-state index is -0.973. The SMILES string of the molecule is O=C(O)c1ccc(CN(Cc2ccccc2)C(=O)C(c2ccc(Cl)cc2)N2CCOCC2)cc1. The Bertz CT molecular complexity index is 1100. The number of benzene rings is 3. The third kappa shape index (κ3) is 6.03. The number of hydrogen-bond donors (Lipinski definition) is 1. The highest BCUT2D eigenvalue weighted by atomic mass is 35.5. The summed E-state index contributed by atoms with van der Waals surface area (Å²) in [4.78, 5) is 29.4. The highest BCUT2D eigenvalue weighted by molar-refractivity contribution is 6.30. The normalized spacial score (nSPS) is 15.0. The van der Waals surface area contributed by atoms with Gasteiger partial charge in [-0.1, -0.05) is 66.2 Å². The Kier molecular flexibility index (Phi) is 7.95. The zero-order chi connectivity index (χ0) is 23.9. The fourth-order valence-electron chi connectivity index (χ4n) is 4.15. The van der Waals surface area contributed by atoms with Gasteiger partial charge in [-0.15, -0.1) is 0 Å². The summed E-state index contributed by atoms with van der Waals surface area (Å²) in [7, 11) is 0. The molecule has 1 aliphatic heterocycles. The summed E-state index contributed by atoms with van der Waals surface area (Å²) in [5.41, 5.74) is 2.99. The molecule has 3 aromatic rings. The van der Waals surface area contributed by atoms with Crippen molar-refractivity contribution in [3.8, 4) is 0 Å². The summed E-state index contributed by atoms with van der Waals surface area (Å²) in [6, 6.07) is 23.5. The molecule has 1 N–H and O–H groups in total. The summed E-state index contributed by atoms with van der Waals surface area (Å²) in [5.74, 6) is -0.991. The Morgan fingerprint density at radius 2 is 1.47 bits per heavy atom. The predicted molar refractivity (Wildman–Crippen MR) is 131 cm³/mol. The van der Waals surface area contributed by atoms with Gasteiger partial charge in [-0.2, -0.15) is 0 Å². The van der Waals surface area contributed by atoms with Gasteiger partial charge >= 0.3 is 5.97 Å². The van der Waals surface area contributed by atoms with E-state index in [4.69, 9.17) is 16.3 Å². The van der Waals surface area contributed by atoms with Crippen molar-refractivity contribution in [2.45, 2.75) is 19.1 Å². The first-order valence-corrected chi connectivity index (χ1v) is 11.6. The number of aromatic carboxylic acids is 1. The molecule has 1 unspecified atom stereocenters. The fraction of sp³-hybridized carbons (Fsp3) is 0.259. The second-order valence-electron chi connectivity index (χ2n) is 8.28. The molecule has 0 aromatic heterocycles. The van der Waals surface area contributed by atoms with E-state index in [9.17, 15) is 14.7 Å². The van der Waals surface area contributed by atoms with Crippen molar-refractivity contribution in [2.75, 3.05) is 26.3 Å². The molecule has 176 valence electrons. The Morgan fingerprint density at radius 3 is 2.06 bits per heavy atom. The summed E-state index contributed by atoms with van der Waals surface area (Å²) in [6.45, 7) is 3.27. The zero-order valence-corrected chi connectivity index (χ0v) is 19.5. The Morgan fingerprint density at radius 1 is 0.882 bits per heavy atom. The molecular weight excluding hydrogens is 452 g/mol. The number of halogens is 1. The van der Waals surface area contributed by atoms with Crippen LogP contribution in [0.15, 0.2) is 78.9 Å². The van der Waals surface area contributed by atoms with Crippen molar-refractivity contribution in [1.82, 2.24) is 9.80 Å². The molecule has 0 radical (unpaired) electrons. The molecule has 0 saturated carbocycles. The topological polar surface area (TPSA) is 70.1 Å². The lowest BCUT2D eigenvalue weighted by Crippen LogP contribution is -2.46. The summed E-state index contributed by atoms with van der Waals surface area (Å²) < 4.78 is 5.53. The first kappa shape index (κ1) is 24.0. The number of carboxylic acid groups (broad SMARTS) is 1.